The molecule has 0 aromatic heterocycles. The SMILES string of the molecule is O=C(CN1CCC[C@H]2CCCC[C@H]21)c1cc(F)ccc1O. The van der Waals surface area contributed by atoms with E-state index < -0.39 is 5.82 Å². The van der Waals surface area contributed by atoms with Gasteiger partial charge in [-0.1, -0.05) is 12.8 Å². The molecular formula is C17H22FNO2. The summed E-state index contributed by atoms with van der Waals surface area (Å²) in [7, 11) is 0. The van der Waals surface area contributed by atoms with Gasteiger partial charge in [-0.15, -0.1) is 0 Å². The van der Waals surface area contributed by atoms with E-state index in [2.05, 4.69) is 4.90 Å². The van der Waals surface area contributed by atoms with E-state index in [-0.39, 0.29) is 23.6 Å². The van der Waals surface area contributed by atoms with Gasteiger partial charge in [0.1, 0.15) is 11.6 Å². The van der Waals surface area contributed by atoms with Crippen LogP contribution in [0.3, 0.4) is 0 Å². The van der Waals surface area contributed by atoms with Gasteiger partial charge in [0.25, 0.3) is 0 Å². The first kappa shape index (κ1) is 14.5. The number of carbonyl (C=O) groups is 1. The Morgan fingerprint density at radius 2 is 2.00 bits per heavy atom. The van der Waals surface area contributed by atoms with E-state index in [9.17, 15) is 14.3 Å². The molecule has 0 bridgehead atoms. The molecule has 1 aromatic rings. The second-order valence-electron chi connectivity index (χ2n) is 6.31. The van der Waals surface area contributed by atoms with E-state index in [0.717, 1.165) is 25.5 Å². The summed E-state index contributed by atoms with van der Waals surface area (Å²) < 4.78 is 13.3. The third kappa shape index (κ3) is 3.10. The average molecular weight is 291 g/mol. The second kappa shape index (κ2) is 6.14. The topological polar surface area (TPSA) is 40.5 Å². The molecule has 1 aliphatic heterocycles. The number of piperidine rings is 1. The zero-order valence-corrected chi connectivity index (χ0v) is 12.2. The zero-order chi connectivity index (χ0) is 14.8. The van der Waals surface area contributed by atoms with E-state index in [0.29, 0.717) is 12.0 Å². The van der Waals surface area contributed by atoms with Gasteiger partial charge in [-0.2, -0.15) is 0 Å². The number of hydrogen-bond donors (Lipinski definition) is 1. The van der Waals surface area contributed by atoms with Crippen LogP contribution in [0.2, 0.25) is 0 Å². The Morgan fingerprint density at radius 3 is 2.86 bits per heavy atom. The summed E-state index contributed by atoms with van der Waals surface area (Å²) in [5, 5.41) is 9.76. The minimum atomic E-state index is -0.481. The van der Waals surface area contributed by atoms with Crippen LogP contribution >= 0.6 is 0 Å². The lowest BCUT2D eigenvalue weighted by Crippen LogP contribution is -2.48. The molecule has 1 N–H and O–H groups in total. The molecule has 1 aromatic carbocycles. The average Bonchev–Trinajstić information content (AvgIpc) is 2.50. The number of halogens is 1. The first-order valence-corrected chi connectivity index (χ1v) is 7.91. The molecule has 0 unspecified atom stereocenters. The lowest BCUT2D eigenvalue weighted by Gasteiger charge is -2.43. The van der Waals surface area contributed by atoms with Crippen LogP contribution < -0.4 is 0 Å². The Kier molecular flexibility index (Phi) is 4.24. The Labute approximate surface area is 124 Å². The van der Waals surface area contributed by atoms with Crippen molar-refractivity contribution in [1.82, 2.24) is 4.90 Å². The highest BCUT2D eigenvalue weighted by Crippen LogP contribution is 2.35. The molecule has 21 heavy (non-hydrogen) atoms. The Balaban J connectivity index is 1.72. The highest BCUT2D eigenvalue weighted by Gasteiger charge is 2.34. The number of likely N-dealkylation sites (tertiary alicyclic amines) is 1. The van der Waals surface area contributed by atoms with Crippen LogP contribution in [0.15, 0.2) is 18.2 Å². The fraction of sp³-hybridized carbons (Fsp3) is 0.588. The quantitative estimate of drug-likeness (QED) is 0.868. The summed E-state index contributed by atoms with van der Waals surface area (Å²) in [6, 6.07) is 4.05. The van der Waals surface area contributed by atoms with Crippen molar-refractivity contribution in [2.45, 2.75) is 44.6 Å². The van der Waals surface area contributed by atoms with Crippen LogP contribution in [-0.4, -0.2) is 34.9 Å². The van der Waals surface area contributed by atoms with Gasteiger partial charge >= 0.3 is 0 Å². The van der Waals surface area contributed by atoms with Gasteiger partial charge in [-0.05, 0) is 56.3 Å². The Bertz CT molecular complexity index is 530. The maximum Gasteiger partial charge on any atom is 0.180 e. The van der Waals surface area contributed by atoms with Crippen molar-refractivity contribution >= 4 is 5.78 Å². The van der Waals surface area contributed by atoms with E-state index in [1.165, 1.54) is 37.8 Å². The molecule has 2 fully saturated rings. The van der Waals surface area contributed by atoms with Crippen molar-refractivity contribution < 1.29 is 14.3 Å². The van der Waals surface area contributed by atoms with Gasteiger partial charge in [-0.3, -0.25) is 9.69 Å². The fourth-order valence-electron chi connectivity index (χ4n) is 3.93. The molecule has 3 nitrogen and oxygen atoms in total. The maximum absolute atomic E-state index is 13.3. The molecule has 114 valence electrons. The molecule has 0 spiro atoms. The van der Waals surface area contributed by atoms with Crippen LogP contribution in [0.4, 0.5) is 4.39 Å². The van der Waals surface area contributed by atoms with Gasteiger partial charge in [0.15, 0.2) is 5.78 Å². The lowest BCUT2D eigenvalue weighted by atomic mass is 9.78. The minimum Gasteiger partial charge on any atom is -0.507 e. The molecule has 1 saturated carbocycles. The molecule has 1 heterocycles. The monoisotopic (exact) mass is 291 g/mol. The van der Waals surface area contributed by atoms with Crippen molar-refractivity contribution in [3.63, 3.8) is 0 Å². The van der Waals surface area contributed by atoms with Crippen LogP contribution in [0.5, 0.6) is 5.75 Å². The van der Waals surface area contributed by atoms with Gasteiger partial charge < -0.3 is 5.11 Å². The standard InChI is InChI=1S/C17H22FNO2/c18-13-7-8-16(20)14(10-13)17(21)11-19-9-3-5-12-4-1-2-6-15(12)19/h7-8,10,12,15,20H,1-6,9,11H2/t12-,15-/m1/s1. The summed E-state index contributed by atoms with van der Waals surface area (Å²) in [6.45, 7) is 1.22. The molecule has 2 atom stereocenters. The van der Waals surface area contributed by atoms with E-state index in [1.807, 2.05) is 0 Å². The summed E-state index contributed by atoms with van der Waals surface area (Å²) in [5.41, 5.74) is 0.105. The normalized spacial score (nSPS) is 26.3. The van der Waals surface area contributed by atoms with Crippen molar-refractivity contribution in [3.05, 3.63) is 29.6 Å². The number of hydrogen-bond acceptors (Lipinski definition) is 3. The number of benzene rings is 1. The van der Waals surface area contributed by atoms with E-state index >= 15 is 0 Å². The molecule has 3 rings (SSSR count). The van der Waals surface area contributed by atoms with Crippen LogP contribution in [-0.2, 0) is 0 Å². The first-order chi connectivity index (χ1) is 10.1. The number of nitrogens with zero attached hydrogens (tertiary/aromatic N) is 1. The second-order valence-corrected chi connectivity index (χ2v) is 6.31. The predicted octanol–water partition coefficient (Wildman–Crippen LogP) is 3.37. The van der Waals surface area contributed by atoms with Crippen molar-refractivity contribution in [2.24, 2.45) is 5.92 Å². The lowest BCUT2D eigenvalue weighted by molar-refractivity contribution is 0.0538. The van der Waals surface area contributed by atoms with Gasteiger partial charge in [0, 0.05) is 6.04 Å². The maximum atomic E-state index is 13.3. The third-order valence-electron chi connectivity index (χ3n) is 4.96. The summed E-state index contributed by atoms with van der Waals surface area (Å²) in [5.74, 6) is -0.0800. The smallest absolute Gasteiger partial charge is 0.180 e. The Morgan fingerprint density at radius 1 is 1.24 bits per heavy atom. The van der Waals surface area contributed by atoms with Crippen LogP contribution in [0, 0.1) is 11.7 Å². The molecule has 2 aliphatic rings. The summed E-state index contributed by atoms with van der Waals surface area (Å²) in [6.07, 6.45) is 7.35. The van der Waals surface area contributed by atoms with E-state index in [1.54, 1.807) is 0 Å². The fourth-order valence-corrected chi connectivity index (χ4v) is 3.93. The van der Waals surface area contributed by atoms with Crippen molar-refractivity contribution in [3.8, 4) is 5.75 Å². The predicted molar refractivity (Wildman–Crippen MR) is 78.9 cm³/mol. The largest absolute Gasteiger partial charge is 0.507 e. The number of rotatable bonds is 3. The number of ketones is 1. The van der Waals surface area contributed by atoms with Crippen molar-refractivity contribution in [2.75, 3.05) is 13.1 Å². The van der Waals surface area contributed by atoms with Crippen molar-refractivity contribution in [1.29, 1.82) is 0 Å². The number of carbonyl (C=O) groups excluding carboxylic acids is 1. The molecule has 0 radical (unpaired) electrons. The van der Waals surface area contributed by atoms with Crippen LogP contribution in [0.1, 0.15) is 48.9 Å². The molecule has 0 amide bonds. The van der Waals surface area contributed by atoms with Gasteiger partial charge in [0.2, 0.25) is 0 Å². The Hall–Kier alpha value is -1.42. The van der Waals surface area contributed by atoms with Gasteiger partial charge in [-0.25, -0.2) is 4.39 Å². The number of fused-ring (bicyclic) bond motifs is 1. The number of phenols is 1. The van der Waals surface area contributed by atoms with Crippen LogP contribution in [0.25, 0.3) is 0 Å². The number of phenolic OH excluding ortho intramolecular Hbond substituents is 1. The number of aromatic hydroxyl groups is 1. The molecule has 4 heteroatoms. The molecule has 1 aliphatic carbocycles. The number of Topliss-reactive ketones (excluding diaryl/α,β-unsaturated/α-hetero) is 1. The summed E-state index contributed by atoms with van der Waals surface area (Å²) in [4.78, 5) is 14.6. The zero-order valence-electron chi connectivity index (χ0n) is 12.2. The highest BCUT2D eigenvalue weighted by molar-refractivity contribution is 6.00. The summed E-state index contributed by atoms with van der Waals surface area (Å²) >= 11 is 0. The molecule has 1 saturated heterocycles. The minimum absolute atomic E-state index is 0.105. The molecular weight excluding hydrogens is 269 g/mol. The third-order valence-corrected chi connectivity index (χ3v) is 4.96. The van der Waals surface area contributed by atoms with E-state index in [4.69, 9.17) is 0 Å². The highest BCUT2D eigenvalue weighted by atomic mass is 19.1. The van der Waals surface area contributed by atoms with Gasteiger partial charge in [0.05, 0.1) is 12.1 Å². The first-order valence-electron chi connectivity index (χ1n) is 7.91.